The Kier molecular flexibility index (Phi) is 2.99. The highest BCUT2D eigenvalue weighted by Crippen LogP contribution is 2.60. The molecule has 0 radical (unpaired) electrons. The number of hydrogen-bond donors (Lipinski definition) is 1. The monoisotopic (exact) mass is 412 g/mol. The lowest BCUT2D eigenvalue weighted by molar-refractivity contribution is -0.123. The van der Waals surface area contributed by atoms with Gasteiger partial charge in [0, 0.05) is 15.3 Å². The van der Waals surface area contributed by atoms with E-state index in [1.807, 2.05) is 0 Å². The molecular formula is C15H14Br2N2O2. The van der Waals surface area contributed by atoms with E-state index in [0.717, 1.165) is 6.42 Å². The molecule has 21 heavy (non-hydrogen) atoms. The number of nitrogens with two attached hydrogens (primary N) is 1. The minimum absolute atomic E-state index is 0.0499. The first-order valence-corrected chi connectivity index (χ1v) is 8.85. The lowest BCUT2D eigenvalue weighted by Crippen LogP contribution is -2.37. The van der Waals surface area contributed by atoms with Crippen molar-refractivity contribution in [1.29, 1.82) is 0 Å². The molecule has 0 aromatic heterocycles. The molecule has 4 rings (SSSR count). The van der Waals surface area contributed by atoms with E-state index in [9.17, 15) is 9.59 Å². The van der Waals surface area contributed by atoms with Crippen molar-refractivity contribution in [3.05, 3.63) is 24.3 Å². The fraction of sp³-hybridized carbons (Fsp3) is 0.467. The van der Waals surface area contributed by atoms with Crippen LogP contribution in [-0.4, -0.2) is 21.5 Å². The van der Waals surface area contributed by atoms with E-state index >= 15 is 0 Å². The zero-order chi connectivity index (χ0) is 14.9. The summed E-state index contributed by atoms with van der Waals surface area (Å²) in [6.45, 7) is 0. The molecule has 0 unspecified atom stereocenters. The highest BCUT2D eigenvalue weighted by molar-refractivity contribution is 9.12. The minimum Gasteiger partial charge on any atom is -0.399 e. The first-order valence-electron chi connectivity index (χ1n) is 7.02. The Bertz CT molecular complexity index is 601. The largest absolute Gasteiger partial charge is 0.399 e. The average molecular weight is 414 g/mol. The number of amides is 2. The van der Waals surface area contributed by atoms with Crippen LogP contribution in [0, 0.1) is 23.7 Å². The second-order valence-electron chi connectivity index (χ2n) is 6.11. The summed E-state index contributed by atoms with van der Waals surface area (Å²) < 4.78 is 0. The Labute approximate surface area is 139 Å². The second kappa shape index (κ2) is 4.56. The molecular weight excluding hydrogens is 400 g/mol. The normalized spacial score (nSPS) is 41.0. The van der Waals surface area contributed by atoms with Crippen molar-refractivity contribution in [2.45, 2.75) is 16.1 Å². The van der Waals surface area contributed by atoms with E-state index in [1.54, 1.807) is 24.3 Å². The predicted octanol–water partition coefficient (Wildman–Crippen LogP) is 2.55. The smallest absolute Gasteiger partial charge is 0.238 e. The number of nitrogen functional groups attached to an aromatic ring is 1. The number of carbonyl (C=O) groups excluding carboxylic acids is 2. The highest BCUT2D eigenvalue weighted by Gasteiger charge is 2.66. The summed E-state index contributed by atoms with van der Waals surface area (Å²) in [5.41, 5.74) is 6.93. The van der Waals surface area contributed by atoms with Crippen molar-refractivity contribution in [3.63, 3.8) is 0 Å². The van der Waals surface area contributed by atoms with Gasteiger partial charge in [0.1, 0.15) is 0 Å². The van der Waals surface area contributed by atoms with E-state index in [0.29, 0.717) is 11.4 Å². The Hall–Kier alpha value is -0.880. The number of imide groups is 1. The number of halogens is 2. The molecule has 6 atom stereocenters. The van der Waals surface area contributed by atoms with Crippen LogP contribution >= 0.6 is 31.9 Å². The molecule has 4 nitrogen and oxygen atoms in total. The summed E-state index contributed by atoms with van der Waals surface area (Å²) >= 11 is 7.37. The number of anilines is 2. The van der Waals surface area contributed by atoms with Crippen LogP contribution in [-0.2, 0) is 9.59 Å². The van der Waals surface area contributed by atoms with Crippen molar-refractivity contribution in [1.82, 2.24) is 0 Å². The number of rotatable bonds is 1. The summed E-state index contributed by atoms with van der Waals surface area (Å²) in [7, 11) is 0. The van der Waals surface area contributed by atoms with Gasteiger partial charge in [0.2, 0.25) is 11.8 Å². The molecule has 1 aliphatic heterocycles. The van der Waals surface area contributed by atoms with Crippen LogP contribution in [0.5, 0.6) is 0 Å². The zero-order valence-electron chi connectivity index (χ0n) is 11.1. The number of carbonyl (C=O) groups is 2. The molecule has 6 heteroatoms. The van der Waals surface area contributed by atoms with E-state index in [1.165, 1.54) is 4.90 Å². The Morgan fingerprint density at radius 3 is 1.90 bits per heavy atom. The molecule has 2 aliphatic carbocycles. The molecule has 2 N–H and O–H groups in total. The third-order valence-corrected chi connectivity index (χ3v) is 8.35. The van der Waals surface area contributed by atoms with Crippen LogP contribution in [0.1, 0.15) is 6.42 Å². The standard InChI is InChI=1S/C15H14Br2N2O2/c16-12-8-5-9(13(12)17)11-10(8)14(20)19(15(11)21)7-3-1-6(18)2-4-7/h1-4,8-13H,5,18H2/t8-,9-,10-,11+,12-,13+/m1/s1. The van der Waals surface area contributed by atoms with Gasteiger partial charge < -0.3 is 5.73 Å². The predicted molar refractivity (Wildman–Crippen MR) is 87.4 cm³/mol. The lowest BCUT2D eigenvalue weighted by Gasteiger charge is -2.28. The molecule has 2 amide bonds. The van der Waals surface area contributed by atoms with E-state index in [-0.39, 0.29) is 45.1 Å². The summed E-state index contributed by atoms with van der Waals surface area (Å²) in [4.78, 5) is 27.4. The Balaban J connectivity index is 1.73. The van der Waals surface area contributed by atoms with E-state index < -0.39 is 0 Å². The number of fused-ring (bicyclic) bond motifs is 5. The third kappa shape index (κ3) is 1.72. The van der Waals surface area contributed by atoms with Gasteiger partial charge in [0.05, 0.1) is 17.5 Å². The lowest BCUT2D eigenvalue weighted by atomic mass is 9.81. The van der Waals surface area contributed by atoms with Crippen LogP contribution in [0.25, 0.3) is 0 Å². The van der Waals surface area contributed by atoms with Gasteiger partial charge in [0.25, 0.3) is 0 Å². The fourth-order valence-corrected chi connectivity index (χ4v) is 6.10. The van der Waals surface area contributed by atoms with Crippen molar-refractivity contribution >= 4 is 55.0 Å². The Morgan fingerprint density at radius 1 is 0.952 bits per heavy atom. The van der Waals surface area contributed by atoms with Crippen molar-refractivity contribution < 1.29 is 9.59 Å². The maximum atomic E-state index is 12.8. The van der Waals surface area contributed by atoms with Crippen molar-refractivity contribution in [3.8, 4) is 0 Å². The van der Waals surface area contributed by atoms with Gasteiger partial charge in [-0.1, -0.05) is 31.9 Å². The second-order valence-corrected chi connectivity index (χ2v) is 8.22. The molecule has 2 bridgehead atoms. The van der Waals surface area contributed by atoms with Crippen molar-refractivity contribution in [2.75, 3.05) is 10.6 Å². The van der Waals surface area contributed by atoms with Gasteiger partial charge >= 0.3 is 0 Å². The number of benzene rings is 1. The zero-order valence-corrected chi connectivity index (χ0v) is 14.2. The van der Waals surface area contributed by atoms with Crippen molar-refractivity contribution in [2.24, 2.45) is 23.7 Å². The first kappa shape index (κ1) is 13.8. The van der Waals surface area contributed by atoms with Crippen LogP contribution in [0.4, 0.5) is 11.4 Å². The summed E-state index contributed by atoms with van der Waals surface area (Å²) in [5, 5.41) is 0. The van der Waals surface area contributed by atoms with Gasteiger partial charge in [-0.2, -0.15) is 0 Å². The highest BCUT2D eigenvalue weighted by atomic mass is 79.9. The molecule has 1 aromatic rings. The molecule has 3 aliphatic rings. The maximum Gasteiger partial charge on any atom is 0.238 e. The van der Waals surface area contributed by atoms with E-state index in [2.05, 4.69) is 31.9 Å². The van der Waals surface area contributed by atoms with Crippen LogP contribution in [0.15, 0.2) is 24.3 Å². The molecule has 2 saturated carbocycles. The maximum absolute atomic E-state index is 12.8. The average Bonchev–Trinajstić information content (AvgIpc) is 3.06. The fourth-order valence-electron chi connectivity index (χ4n) is 4.23. The molecule has 1 saturated heterocycles. The molecule has 1 heterocycles. The number of nitrogens with zero attached hydrogens (tertiary/aromatic N) is 1. The molecule has 110 valence electrons. The minimum atomic E-state index is -0.168. The Morgan fingerprint density at radius 2 is 1.43 bits per heavy atom. The molecule has 3 fully saturated rings. The van der Waals surface area contributed by atoms with Gasteiger partial charge in [0.15, 0.2) is 0 Å². The molecule has 1 aromatic carbocycles. The topological polar surface area (TPSA) is 63.4 Å². The summed E-state index contributed by atoms with van der Waals surface area (Å²) in [6.07, 6.45) is 0.953. The van der Waals surface area contributed by atoms with Crippen LogP contribution < -0.4 is 10.6 Å². The third-order valence-electron chi connectivity index (χ3n) is 5.14. The van der Waals surface area contributed by atoms with Gasteiger partial charge in [-0.05, 0) is 42.5 Å². The summed E-state index contributed by atoms with van der Waals surface area (Å²) in [5.74, 6) is 0.0629. The first-order chi connectivity index (χ1) is 10.0. The quantitative estimate of drug-likeness (QED) is 0.437. The van der Waals surface area contributed by atoms with E-state index in [4.69, 9.17) is 5.73 Å². The number of hydrogen-bond acceptors (Lipinski definition) is 3. The van der Waals surface area contributed by atoms with Gasteiger partial charge in [-0.3, -0.25) is 14.5 Å². The molecule has 0 spiro atoms. The number of alkyl halides is 2. The summed E-state index contributed by atoms with van der Waals surface area (Å²) in [6, 6.07) is 6.93. The van der Waals surface area contributed by atoms with Crippen LogP contribution in [0.2, 0.25) is 0 Å². The van der Waals surface area contributed by atoms with Crippen LogP contribution in [0.3, 0.4) is 0 Å². The SMILES string of the molecule is Nc1ccc(N2C(=O)[C@@H]3[C@H]4C[C@@H]([C@H](Br)[C@@H]4Br)[C@@H]3C2=O)cc1. The van der Waals surface area contributed by atoms with Gasteiger partial charge in [-0.15, -0.1) is 0 Å². The van der Waals surface area contributed by atoms with Gasteiger partial charge in [-0.25, -0.2) is 0 Å².